The highest BCUT2D eigenvalue weighted by Gasteiger charge is 2.20. The molecular formula is C21H28N4O. The van der Waals surface area contributed by atoms with Crippen LogP contribution in [-0.4, -0.2) is 32.5 Å². The van der Waals surface area contributed by atoms with Crippen LogP contribution in [-0.2, 0) is 19.5 Å². The second-order valence-corrected chi connectivity index (χ2v) is 7.84. The molecule has 3 heterocycles. The Kier molecular flexibility index (Phi) is 5.16. The van der Waals surface area contributed by atoms with Crippen molar-refractivity contribution in [2.45, 2.75) is 71.1 Å². The Labute approximate surface area is 155 Å². The molecular weight excluding hydrogens is 324 g/mol. The first kappa shape index (κ1) is 17.4. The van der Waals surface area contributed by atoms with Gasteiger partial charge >= 0.3 is 0 Å². The first-order chi connectivity index (χ1) is 12.7. The molecule has 2 aliphatic rings. The van der Waals surface area contributed by atoms with Gasteiger partial charge in [0.15, 0.2) is 0 Å². The van der Waals surface area contributed by atoms with Gasteiger partial charge in [0, 0.05) is 61.7 Å². The Hall–Kier alpha value is -2.01. The predicted octanol–water partition coefficient (Wildman–Crippen LogP) is 3.87. The van der Waals surface area contributed by atoms with Crippen molar-refractivity contribution in [1.82, 2.24) is 19.9 Å². The number of nitrogens with zero attached hydrogens (tertiary/aromatic N) is 4. The van der Waals surface area contributed by atoms with E-state index in [1.54, 1.807) is 0 Å². The maximum absolute atomic E-state index is 5.96. The van der Waals surface area contributed by atoms with Crippen molar-refractivity contribution >= 4 is 0 Å². The molecule has 0 radical (unpaired) electrons. The summed E-state index contributed by atoms with van der Waals surface area (Å²) in [5.74, 6) is 2.10. The van der Waals surface area contributed by atoms with Crippen molar-refractivity contribution in [1.29, 1.82) is 0 Å². The summed E-state index contributed by atoms with van der Waals surface area (Å²) in [6.45, 7) is 7.13. The van der Waals surface area contributed by atoms with Crippen LogP contribution in [0.25, 0.3) is 0 Å². The van der Waals surface area contributed by atoms with Crippen LogP contribution >= 0.6 is 0 Å². The lowest BCUT2D eigenvalue weighted by molar-refractivity contribution is 0.201. The van der Waals surface area contributed by atoms with Crippen LogP contribution in [0.3, 0.4) is 0 Å². The third-order valence-electron chi connectivity index (χ3n) is 5.34. The molecule has 26 heavy (non-hydrogen) atoms. The van der Waals surface area contributed by atoms with E-state index < -0.39 is 0 Å². The van der Waals surface area contributed by atoms with Crippen LogP contribution in [0.1, 0.15) is 68.1 Å². The molecule has 0 saturated heterocycles. The van der Waals surface area contributed by atoms with Crippen LogP contribution < -0.4 is 4.74 Å². The second kappa shape index (κ2) is 7.70. The van der Waals surface area contributed by atoms with Gasteiger partial charge in [0.1, 0.15) is 11.9 Å². The smallest absolute Gasteiger partial charge is 0.213 e. The van der Waals surface area contributed by atoms with Gasteiger partial charge < -0.3 is 4.74 Å². The van der Waals surface area contributed by atoms with E-state index in [1.165, 1.54) is 29.7 Å². The quantitative estimate of drug-likeness (QED) is 0.817. The van der Waals surface area contributed by atoms with Gasteiger partial charge in [-0.2, -0.15) is 0 Å². The summed E-state index contributed by atoms with van der Waals surface area (Å²) in [7, 11) is 0. The fourth-order valence-corrected chi connectivity index (χ4v) is 3.81. The Morgan fingerprint density at radius 3 is 2.73 bits per heavy atom. The van der Waals surface area contributed by atoms with Crippen LogP contribution in [0.2, 0.25) is 0 Å². The minimum Gasteiger partial charge on any atom is -0.474 e. The monoisotopic (exact) mass is 352 g/mol. The molecule has 1 aliphatic heterocycles. The van der Waals surface area contributed by atoms with Gasteiger partial charge in [0.05, 0.1) is 0 Å². The van der Waals surface area contributed by atoms with Crippen LogP contribution in [0, 0.1) is 0 Å². The number of ether oxygens (including phenoxy) is 1. The average molecular weight is 352 g/mol. The fourth-order valence-electron chi connectivity index (χ4n) is 3.81. The SMILES string of the molecule is CC(C)c1ncc2c(n1)CCN(Cc1ccc(OC3CCCC3)nc1)C2. The maximum atomic E-state index is 5.96. The highest BCUT2D eigenvalue weighted by Crippen LogP contribution is 2.24. The van der Waals surface area contributed by atoms with E-state index in [-0.39, 0.29) is 0 Å². The van der Waals surface area contributed by atoms with Gasteiger partial charge in [-0.1, -0.05) is 19.9 Å². The molecule has 2 aromatic rings. The average Bonchev–Trinajstić information content (AvgIpc) is 3.16. The molecule has 0 spiro atoms. The van der Waals surface area contributed by atoms with Crippen molar-refractivity contribution in [2.24, 2.45) is 0 Å². The van der Waals surface area contributed by atoms with Crippen LogP contribution in [0.5, 0.6) is 5.88 Å². The molecule has 0 aromatic carbocycles. The number of pyridine rings is 1. The summed E-state index contributed by atoms with van der Waals surface area (Å²) in [5.41, 5.74) is 3.71. The zero-order valence-corrected chi connectivity index (χ0v) is 15.8. The number of fused-ring (bicyclic) bond motifs is 1. The summed E-state index contributed by atoms with van der Waals surface area (Å²) < 4.78 is 5.96. The molecule has 1 saturated carbocycles. The van der Waals surface area contributed by atoms with Gasteiger partial charge in [-0.05, 0) is 31.2 Å². The number of rotatable bonds is 5. The molecule has 138 valence electrons. The van der Waals surface area contributed by atoms with Gasteiger partial charge in [-0.3, -0.25) is 4.90 Å². The zero-order chi connectivity index (χ0) is 17.9. The molecule has 0 amide bonds. The molecule has 0 atom stereocenters. The number of hydrogen-bond acceptors (Lipinski definition) is 5. The molecule has 0 bridgehead atoms. The lowest BCUT2D eigenvalue weighted by atomic mass is 10.1. The highest BCUT2D eigenvalue weighted by atomic mass is 16.5. The Morgan fingerprint density at radius 2 is 2.00 bits per heavy atom. The van der Waals surface area contributed by atoms with E-state index in [0.717, 1.165) is 50.6 Å². The van der Waals surface area contributed by atoms with E-state index in [9.17, 15) is 0 Å². The summed E-state index contributed by atoms with van der Waals surface area (Å²) in [6.07, 6.45) is 10.2. The normalized spacial score (nSPS) is 18.3. The van der Waals surface area contributed by atoms with E-state index in [1.807, 2.05) is 18.5 Å². The summed E-state index contributed by atoms with van der Waals surface area (Å²) >= 11 is 0. The van der Waals surface area contributed by atoms with Crippen LogP contribution in [0.15, 0.2) is 24.5 Å². The van der Waals surface area contributed by atoms with Crippen molar-refractivity contribution in [3.8, 4) is 5.88 Å². The molecule has 1 aliphatic carbocycles. The second-order valence-electron chi connectivity index (χ2n) is 7.84. The van der Waals surface area contributed by atoms with Crippen molar-refractivity contribution in [3.63, 3.8) is 0 Å². The van der Waals surface area contributed by atoms with E-state index in [4.69, 9.17) is 9.72 Å². The zero-order valence-electron chi connectivity index (χ0n) is 15.8. The van der Waals surface area contributed by atoms with Crippen molar-refractivity contribution in [3.05, 3.63) is 47.2 Å². The number of aromatic nitrogens is 3. The molecule has 5 heteroatoms. The minimum atomic E-state index is 0.364. The van der Waals surface area contributed by atoms with E-state index in [0.29, 0.717) is 12.0 Å². The molecule has 0 unspecified atom stereocenters. The Balaban J connectivity index is 1.36. The fraction of sp³-hybridized carbons (Fsp3) is 0.571. The van der Waals surface area contributed by atoms with Gasteiger partial charge in [-0.25, -0.2) is 15.0 Å². The molecule has 5 nitrogen and oxygen atoms in total. The predicted molar refractivity (Wildman–Crippen MR) is 101 cm³/mol. The van der Waals surface area contributed by atoms with Gasteiger partial charge in [-0.15, -0.1) is 0 Å². The first-order valence-electron chi connectivity index (χ1n) is 9.86. The lowest BCUT2D eigenvalue weighted by Gasteiger charge is -2.28. The lowest BCUT2D eigenvalue weighted by Crippen LogP contribution is -2.31. The maximum Gasteiger partial charge on any atom is 0.213 e. The van der Waals surface area contributed by atoms with Crippen molar-refractivity contribution in [2.75, 3.05) is 6.54 Å². The molecule has 2 aromatic heterocycles. The van der Waals surface area contributed by atoms with Crippen molar-refractivity contribution < 1.29 is 4.74 Å². The summed E-state index contributed by atoms with van der Waals surface area (Å²) in [6, 6.07) is 4.16. The molecule has 1 fully saturated rings. The van der Waals surface area contributed by atoms with Gasteiger partial charge in [0.2, 0.25) is 5.88 Å². The molecule has 4 rings (SSSR count). The minimum absolute atomic E-state index is 0.364. The number of hydrogen-bond donors (Lipinski definition) is 0. The first-order valence-corrected chi connectivity index (χ1v) is 9.86. The Morgan fingerprint density at radius 1 is 1.15 bits per heavy atom. The summed E-state index contributed by atoms with van der Waals surface area (Å²) in [5, 5.41) is 0. The topological polar surface area (TPSA) is 51.1 Å². The highest BCUT2D eigenvalue weighted by molar-refractivity contribution is 5.23. The standard InChI is InChI=1S/C21H28N4O/c1-15(2)21-23-12-17-14-25(10-9-19(17)24-21)13-16-7-8-20(22-11-16)26-18-5-3-4-6-18/h7-8,11-12,15,18H,3-6,9-10,13-14H2,1-2H3. The van der Waals surface area contributed by atoms with Crippen LogP contribution in [0.4, 0.5) is 0 Å². The Bertz CT molecular complexity index is 738. The van der Waals surface area contributed by atoms with Gasteiger partial charge in [0.25, 0.3) is 0 Å². The third kappa shape index (κ3) is 4.04. The van der Waals surface area contributed by atoms with E-state index in [2.05, 4.69) is 34.8 Å². The largest absolute Gasteiger partial charge is 0.474 e. The molecule has 0 N–H and O–H groups in total. The third-order valence-corrected chi connectivity index (χ3v) is 5.34. The van der Waals surface area contributed by atoms with E-state index >= 15 is 0 Å². The summed E-state index contributed by atoms with van der Waals surface area (Å²) in [4.78, 5) is 16.2.